The zero-order chi connectivity index (χ0) is 21.2. The Morgan fingerprint density at radius 1 is 1.03 bits per heavy atom. The molecule has 29 heavy (non-hydrogen) atoms. The summed E-state index contributed by atoms with van der Waals surface area (Å²) in [6, 6.07) is 9.69. The number of nitrogens with one attached hydrogen (secondary N) is 2. The molecule has 0 saturated heterocycles. The quantitative estimate of drug-likeness (QED) is 0.654. The predicted molar refractivity (Wildman–Crippen MR) is 106 cm³/mol. The summed E-state index contributed by atoms with van der Waals surface area (Å²) in [5, 5.41) is 5.30. The molecule has 0 atom stereocenters. The van der Waals surface area contributed by atoms with Gasteiger partial charge in [0.1, 0.15) is 0 Å². The Morgan fingerprint density at radius 2 is 1.69 bits per heavy atom. The largest absolute Gasteiger partial charge is 0.452 e. The van der Waals surface area contributed by atoms with Crippen molar-refractivity contribution in [2.75, 3.05) is 30.3 Å². The van der Waals surface area contributed by atoms with E-state index in [0.717, 1.165) is 0 Å². The first-order valence-corrected chi connectivity index (χ1v) is 8.91. The normalized spacial score (nSPS) is 10.0. The second-order valence-electron chi connectivity index (χ2n) is 6.03. The Morgan fingerprint density at radius 3 is 2.24 bits per heavy atom. The SMILES string of the molecule is CCN(CC(=O)Nc1ccc(NC(C)=O)cc1)C(=O)COC(=O)c1cccnc1. The van der Waals surface area contributed by atoms with E-state index in [0.29, 0.717) is 11.4 Å². The van der Waals surface area contributed by atoms with E-state index in [4.69, 9.17) is 4.74 Å². The number of nitrogens with zero attached hydrogens (tertiary/aromatic N) is 2. The van der Waals surface area contributed by atoms with Crippen LogP contribution in [0.15, 0.2) is 48.8 Å². The van der Waals surface area contributed by atoms with Gasteiger partial charge in [-0.2, -0.15) is 0 Å². The van der Waals surface area contributed by atoms with Crippen LogP contribution in [0.2, 0.25) is 0 Å². The van der Waals surface area contributed by atoms with E-state index in [1.54, 1.807) is 37.3 Å². The predicted octanol–water partition coefficient (Wildman–Crippen LogP) is 1.68. The summed E-state index contributed by atoms with van der Waals surface area (Å²) in [6.07, 6.45) is 2.86. The van der Waals surface area contributed by atoms with Gasteiger partial charge in [0.05, 0.1) is 12.1 Å². The van der Waals surface area contributed by atoms with Crippen LogP contribution in [0, 0.1) is 0 Å². The molecule has 2 rings (SSSR count). The van der Waals surface area contributed by atoms with Gasteiger partial charge >= 0.3 is 5.97 Å². The van der Waals surface area contributed by atoms with Crippen LogP contribution in [0.3, 0.4) is 0 Å². The van der Waals surface area contributed by atoms with Gasteiger partial charge in [0.15, 0.2) is 6.61 Å². The zero-order valence-corrected chi connectivity index (χ0v) is 16.2. The van der Waals surface area contributed by atoms with Crippen LogP contribution < -0.4 is 10.6 Å². The number of aromatic nitrogens is 1. The van der Waals surface area contributed by atoms with Crippen molar-refractivity contribution in [2.45, 2.75) is 13.8 Å². The van der Waals surface area contributed by atoms with Crippen molar-refractivity contribution >= 4 is 35.1 Å². The van der Waals surface area contributed by atoms with Crippen molar-refractivity contribution in [1.29, 1.82) is 0 Å². The molecular weight excluding hydrogens is 376 g/mol. The molecule has 152 valence electrons. The van der Waals surface area contributed by atoms with Gasteiger partial charge in [0, 0.05) is 37.2 Å². The lowest BCUT2D eigenvalue weighted by Gasteiger charge is -2.20. The lowest BCUT2D eigenvalue weighted by atomic mass is 10.2. The fraction of sp³-hybridized carbons (Fsp3) is 0.250. The Labute approximate surface area is 168 Å². The molecule has 0 saturated carbocycles. The Kier molecular flexibility index (Phi) is 7.84. The number of anilines is 2. The third-order valence-electron chi connectivity index (χ3n) is 3.78. The molecule has 0 aliphatic heterocycles. The zero-order valence-electron chi connectivity index (χ0n) is 16.2. The molecule has 2 aromatic rings. The summed E-state index contributed by atoms with van der Waals surface area (Å²) in [6.45, 7) is 2.74. The molecule has 1 aromatic carbocycles. The van der Waals surface area contributed by atoms with E-state index in [2.05, 4.69) is 15.6 Å². The highest BCUT2D eigenvalue weighted by Gasteiger charge is 2.18. The third-order valence-corrected chi connectivity index (χ3v) is 3.78. The summed E-state index contributed by atoms with van der Waals surface area (Å²) in [7, 11) is 0. The van der Waals surface area contributed by atoms with Crippen LogP contribution in [0.5, 0.6) is 0 Å². The molecular formula is C20H22N4O5. The average molecular weight is 398 g/mol. The second kappa shape index (κ2) is 10.5. The molecule has 1 aromatic heterocycles. The highest BCUT2D eigenvalue weighted by atomic mass is 16.5. The maximum atomic E-state index is 12.3. The maximum absolute atomic E-state index is 12.3. The number of hydrogen-bond acceptors (Lipinski definition) is 6. The topological polar surface area (TPSA) is 118 Å². The Balaban J connectivity index is 1.84. The van der Waals surface area contributed by atoms with E-state index in [1.165, 1.54) is 30.3 Å². The molecule has 9 nitrogen and oxygen atoms in total. The number of esters is 1. The number of benzene rings is 1. The van der Waals surface area contributed by atoms with E-state index in [9.17, 15) is 19.2 Å². The fourth-order valence-electron chi connectivity index (χ4n) is 2.38. The lowest BCUT2D eigenvalue weighted by Crippen LogP contribution is -2.40. The van der Waals surface area contributed by atoms with E-state index < -0.39 is 24.4 Å². The van der Waals surface area contributed by atoms with Gasteiger partial charge in [-0.3, -0.25) is 19.4 Å². The molecule has 0 aliphatic carbocycles. The minimum Gasteiger partial charge on any atom is -0.452 e. The third kappa shape index (κ3) is 7.06. The maximum Gasteiger partial charge on any atom is 0.340 e. The van der Waals surface area contributed by atoms with Crippen molar-refractivity contribution in [2.24, 2.45) is 0 Å². The average Bonchev–Trinajstić information content (AvgIpc) is 2.71. The van der Waals surface area contributed by atoms with Crippen molar-refractivity contribution in [3.63, 3.8) is 0 Å². The molecule has 2 N–H and O–H groups in total. The highest BCUT2D eigenvalue weighted by molar-refractivity contribution is 5.96. The summed E-state index contributed by atoms with van der Waals surface area (Å²) >= 11 is 0. The van der Waals surface area contributed by atoms with Crippen molar-refractivity contribution in [1.82, 2.24) is 9.88 Å². The van der Waals surface area contributed by atoms with Gasteiger partial charge in [-0.1, -0.05) is 0 Å². The number of carbonyl (C=O) groups excluding carboxylic acids is 4. The first kappa shape index (κ1) is 21.5. The van der Waals surface area contributed by atoms with Gasteiger partial charge in [-0.05, 0) is 43.3 Å². The summed E-state index contributed by atoms with van der Waals surface area (Å²) in [4.78, 5) is 52.5. The van der Waals surface area contributed by atoms with Crippen LogP contribution in [-0.2, 0) is 19.1 Å². The van der Waals surface area contributed by atoms with Crippen LogP contribution in [0.4, 0.5) is 11.4 Å². The molecule has 0 radical (unpaired) electrons. The molecule has 0 fully saturated rings. The number of hydrogen-bond donors (Lipinski definition) is 2. The number of likely N-dealkylation sites (N-methyl/N-ethyl adjacent to an activating group) is 1. The number of ether oxygens (including phenoxy) is 1. The first-order valence-electron chi connectivity index (χ1n) is 8.91. The molecule has 0 bridgehead atoms. The van der Waals surface area contributed by atoms with Gasteiger partial charge < -0.3 is 20.3 Å². The lowest BCUT2D eigenvalue weighted by molar-refractivity contribution is -0.137. The minimum absolute atomic E-state index is 0.187. The second-order valence-corrected chi connectivity index (χ2v) is 6.03. The molecule has 9 heteroatoms. The summed E-state index contributed by atoms with van der Waals surface area (Å²) in [5.41, 5.74) is 1.37. The van der Waals surface area contributed by atoms with Crippen molar-refractivity contribution in [3.05, 3.63) is 54.4 Å². The first-order chi connectivity index (χ1) is 13.9. The van der Waals surface area contributed by atoms with Gasteiger partial charge in [-0.15, -0.1) is 0 Å². The monoisotopic (exact) mass is 398 g/mol. The van der Waals surface area contributed by atoms with Gasteiger partial charge in [-0.25, -0.2) is 4.79 Å². The molecule has 0 unspecified atom stereocenters. The van der Waals surface area contributed by atoms with Crippen LogP contribution in [0.1, 0.15) is 24.2 Å². The summed E-state index contributed by atoms with van der Waals surface area (Å²) < 4.78 is 4.98. The van der Waals surface area contributed by atoms with E-state index >= 15 is 0 Å². The highest BCUT2D eigenvalue weighted by Crippen LogP contribution is 2.13. The number of amides is 3. The van der Waals surface area contributed by atoms with Gasteiger partial charge in [0.2, 0.25) is 11.8 Å². The Hall–Kier alpha value is -3.75. The van der Waals surface area contributed by atoms with Gasteiger partial charge in [0.25, 0.3) is 5.91 Å². The van der Waals surface area contributed by atoms with E-state index in [1.807, 2.05) is 0 Å². The molecule has 3 amide bonds. The van der Waals surface area contributed by atoms with E-state index in [-0.39, 0.29) is 24.6 Å². The summed E-state index contributed by atoms with van der Waals surface area (Å²) in [5.74, 6) is -1.73. The van der Waals surface area contributed by atoms with Crippen molar-refractivity contribution < 1.29 is 23.9 Å². The molecule has 0 spiro atoms. The minimum atomic E-state index is -0.661. The fourth-order valence-corrected chi connectivity index (χ4v) is 2.38. The molecule has 1 heterocycles. The number of carbonyl (C=O) groups is 4. The van der Waals surface area contributed by atoms with Crippen LogP contribution in [-0.4, -0.2) is 53.3 Å². The smallest absolute Gasteiger partial charge is 0.340 e. The van der Waals surface area contributed by atoms with Crippen LogP contribution in [0.25, 0.3) is 0 Å². The van der Waals surface area contributed by atoms with Crippen LogP contribution >= 0.6 is 0 Å². The number of pyridine rings is 1. The molecule has 0 aliphatic rings. The Bertz CT molecular complexity index is 868. The standard InChI is InChI=1S/C20H22N4O5/c1-3-24(19(27)13-29-20(28)15-5-4-10-21-11-15)12-18(26)23-17-8-6-16(7-9-17)22-14(2)25/h4-11H,3,12-13H2,1-2H3,(H,22,25)(H,23,26). The number of rotatable bonds is 8. The van der Waals surface area contributed by atoms with Crippen molar-refractivity contribution in [3.8, 4) is 0 Å².